The quantitative estimate of drug-likeness (QED) is 0.661. The fourth-order valence-corrected chi connectivity index (χ4v) is 1.84. The minimum absolute atomic E-state index is 0.124. The van der Waals surface area contributed by atoms with Crippen LogP contribution in [0, 0.1) is 12.3 Å². The molecule has 0 saturated heterocycles. The van der Waals surface area contributed by atoms with E-state index in [4.69, 9.17) is 15.9 Å². The summed E-state index contributed by atoms with van der Waals surface area (Å²) in [6.07, 6.45) is -4.52. The van der Waals surface area contributed by atoms with Crippen molar-refractivity contribution >= 4 is 5.84 Å². The van der Waals surface area contributed by atoms with Gasteiger partial charge in [0.25, 0.3) is 0 Å². The van der Waals surface area contributed by atoms with Crippen molar-refractivity contribution in [2.24, 2.45) is 5.73 Å². The number of rotatable bonds is 3. The summed E-state index contributed by atoms with van der Waals surface area (Å²) < 4.78 is 44.2. The molecule has 0 spiro atoms. The lowest BCUT2D eigenvalue weighted by Gasteiger charge is -2.15. The SMILES string of the molecule is Cc1ccc(C(=N)N)c(Oc2ccccc2C(F)(F)F)c1. The van der Waals surface area contributed by atoms with Gasteiger partial charge in [0.15, 0.2) is 0 Å². The van der Waals surface area contributed by atoms with Crippen molar-refractivity contribution < 1.29 is 17.9 Å². The Balaban J connectivity index is 2.49. The number of benzene rings is 2. The van der Waals surface area contributed by atoms with Crippen LogP contribution in [-0.2, 0) is 6.18 Å². The summed E-state index contributed by atoms with van der Waals surface area (Å²) >= 11 is 0. The lowest BCUT2D eigenvalue weighted by atomic mass is 10.1. The zero-order valence-corrected chi connectivity index (χ0v) is 11.2. The first-order valence-corrected chi connectivity index (χ1v) is 6.08. The molecule has 2 aromatic rings. The van der Waals surface area contributed by atoms with E-state index in [1.807, 2.05) is 0 Å². The highest BCUT2D eigenvalue weighted by atomic mass is 19.4. The molecule has 3 N–H and O–H groups in total. The second-order valence-electron chi connectivity index (χ2n) is 4.51. The zero-order valence-electron chi connectivity index (χ0n) is 11.2. The van der Waals surface area contributed by atoms with E-state index >= 15 is 0 Å². The molecule has 0 aliphatic rings. The minimum Gasteiger partial charge on any atom is -0.456 e. The van der Waals surface area contributed by atoms with Crippen molar-refractivity contribution in [3.63, 3.8) is 0 Å². The van der Waals surface area contributed by atoms with Gasteiger partial charge in [-0.15, -0.1) is 0 Å². The van der Waals surface area contributed by atoms with Crippen LogP contribution < -0.4 is 10.5 Å². The normalized spacial score (nSPS) is 11.2. The van der Waals surface area contributed by atoms with Gasteiger partial charge >= 0.3 is 6.18 Å². The van der Waals surface area contributed by atoms with E-state index in [1.54, 1.807) is 25.1 Å². The van der Waals surface area contributed by atoms with E-state index in [1.165, 1.54) is 18.2 Å². The maximum Gasteiger partial charge on any atom is 0.419 e. The number of halogens is 3. The Morgan fingerprint density at radius 2 is 1.76 bits per heavy atom. The van der Waals surface area contributed by atoms with Crippen molar-refractivity contribution in [2.75, 3.05) is 0 Å². The molecular formula is C15H13F3N2O. The third-order valence-corrected chi connectivity index (χ3v) is 2.84. The Kier molecular flexibility index (Phi) is 3.88. The fraction of sp³-hybridized carbons (Fsp3) is 0.133. The maximum atomic E-state index is 12.9. The van der Waals surface area contributed by atoms with E-state index in [0.717, 1.165) is 11.6 Å². The van der Waals surface area contributed by atoms with E-state index in [0.29, 0.717) is 0 Å². The molecule has 21 heavy (non-hydrogen) atoms. The number of amidine groups is 1. The molecule has 6 heteroatoms. The van der Waals surface area contributed by atoms with Crippen LogP contribution in [0.25, 0.3) is 0 Å². The van der Waals surface area contributed by atoms with Crippen molar-refractivity contribution in [2.45, 2.75) is 13.1 Å². The molecule has 0 amide bonds. The minimum atomic E-state index is -4.52. The number of nitrogens with one attached hydrogen (secondary N) is 1. The maximum absolute atomic E-state index is 12.9. The van der Waals surface area contributed by atoms with Crippen LogP contribution in [-0.4, -0.2) is 5.84 Å². The molecule has 0 fully saturated rings. The van der Waals surface area contributed by atoms with Crippen molar-refractivity contribution in [3.8, 4) is 11.5 Å². The summed E-state index contributed by atoms with van der Waals surface area (Å²) in [5.41, 5.74) is 5.59. The molecule has 2 rings (SSSR count). The summed E-state index contributed by atoms with van der Waals surface area (Å²) in [4.78, 5) is 0. The number of alkyl halides is 3. The van der Waals surface area contributed by atoms with E-state index in [9.17, 15) is 13.2 Å². The second kappa shape index (κ2) is 5.47. The van der Waals surface area contributed by atoms with Crippen molar-refractivity contribution in [3.05, 3.63) is 59.2 Å². The molecule has 0 saturated carbocycles. The average Bonchev–Trinajstić information content (AvgIpc) is 2.37. The molecule has 0 atom stereocenters. The fourth-order valence-electron chi connectivity index (χ4n) is 1.84. The van der Waals surface area contributed by atoms with Gasteiger partial charge in [0.1, 0.15) is 17.3 Å². The van der Waals surface area contributed by atoms with Crippen LogP contribution in [0.4, 0.5) is 13.2 Å². The topological polar surface area (TPSA) is 59.1 Å². The van der Waals surface area contributed by atoms with Gasteiger partial charge < -0.3 is 10.5 Å². The molecule has 0 aliphatic heterocycles. The summed E-state index contributed by atoms with van der Waals surface area (Å²) in [5, 5.41) is 7.46. The van der Waals surface area contributed by atoms with Crippen molar-refractivity contribution in [1.82, 2.24) is 0 Å². The first-order valence-electron chi connectivity index (χ1n) is 6.08. The van der Waals surface area contributed by atoms with Gasteiger partial charge in [-0.25, -0.2) is 0 Å². The number of aryl methyl sites for hydroxylation is 1. The molecule has 0 unspecified atom stereocenters. The number of hydrogen-bond donors (Lipinski definition) is 2. The van der Waals surface area contributed by atoms with E-state index in [-0.39, 0.29) is 22.9 Å². The number of nitrogens with two attached hydrogens (primary N) is 1. The highest BCUT2D eigenvalue weighted by Gasteiger charge is 2.34. The Morgan fingerprint density at radius 3 is 2.38 bits per heavy atom. The van der Waals surface area contributed by atoms with Crippen LogP contribution in [0.5, 0.6) is 11.5 Å². The van der Waals surface area contributed by atoms with Gasteiger partial charge in [0.05, 0.1) is 11.1 Å². The molecule has 0 bridgehead atoms. The first kappa shape index (κ1) is 14.9. The molecule has 0 radical (unpaired) electrons. The van der Waals surface area contributed by atoms with Crippen LogP contribution >= 0.6 is 0 Å². The third kappa shape index (κ3) is 3.34. The van der Waals surface area contributed by atoms with Gasteiger partial charge in [-0.3, -0.25) is 5.41 Å². The molecule has 2 aromatic carbocycles. The van der Waals surface area contributed by atoms with E-state index < -0.39 is 11.7 Å². The summed E-state index contributed by atoms with van der Waals surface area (Å²) in [5.74, 6) is -0.466. The summed E-state index contributed by atoms with van der Waals surface area (Å²) in [6, 6.07) is 9.71. The van der Waals surface area contributed by atoms with Gasteiger partial charge in [-0.05, 0) is 36.8 Å². The van der Waals surface area contributed by atoms with Gasteiger partial charge in [0.2, 0.25) is 0 Å². The number of nitrogen functional groups attached to an aromatic ring is 1. The molecule has 0 heterocycles. The van der Waals surface area contributed by atoms with Crippen LogP contribution in [0.15, 0.2) is 42.5 Å². The number of para-hydroxylation sites is 1. The molecular weight excluding hydrogens is 281 g/mol. The average molecular weight is 294 g/mol. The van der Waals surface area contributed by atoms with Crippen LogP contribution in [0.2, 0.25) is 0 Å². The van der Waals surface area contributed by atoms with Crippen molar-refractivity contribution in [1.29, 1.82) is 5.41 Å². The number of hydrogen-bond acceptors (Lipinski definition) is 2. The molecule has 0 aliphatic carbocycles. The Hall–Kier alpha value is -2.50. The zero-order chi connectivity index (χ0) is 15.6. The molecule has 0 aromatic heterocycles. The standard InChI is InChI=1S/C15H13F3N2O/c1-9-6-7-10(14(19)20)13(8-9)21-12-5-3-2-4-11(12)15(16,17)18/h2-8H,1H3,(H3,19,20). The smallest absolute Gasteiger partial charge is 0.419 e. The largest absolute Gasteiger partial charge is 0.456 e. The first-order chi connectivity index (χ1) is 9.79. The third-order valence-electron chi connectivity index (χ3n) is 2.84. The highest BCUT2D eigenvalue weighted by molar-refractivity contribution is 5.97. The van der Waals surface area contributed by atoms with Crippen LogP contribution in [0.3, 0.4) is 0 Å². The van der Waals surface area contributed by atoms with Gasteiger partial charge in [0, 0.05) is 0 Å². The Labute approximate surface area is 119 Å². The Bertz CT molecular complexity index is 681. The predicted molar refractivity (Wildman–Crippen MR) is 73.7 cm³/mol. The summed E-state index contributed by atoms with van der Waals surface area (Å²) in [6.45, 7) is 1.77. The second-order valence-corrected chi connectivity index (χ2v) is 4.51. The lowest BCUT2D eigenvalue weighted by molar-refractivity contribution is -0.138. The summed E-state index contributed by atoms with van der Waals surface area (Å²) in [7, 11) is 0. The van der Waals surface area contributed by atoms with Gasteiger partial charge in [-0.1, -0.05) is 18.2 Å². The van der Waals surface area contributed by atoms with Gasteiger partial charge in [-0.2, -0.15) is 13.2 Å². The molecule has 110 valence electrons. The monoisotopic (exact) mass is 294 g/mol. The lowest BCUT2D eigenvalue weighted by Crippen LogP contribution is -2.13. The van der Waals surface area contributed by atoms with E-state index in [2.05, 4.69) is 0 Å². The van der Waals surface area contributed by atoms with Crippen LogP contribution in [0.1, 0.15) is 16.7 Å². The number of ether oxygens (including phenoxy) is 1. The molecule has 3 nitrogen and oxygen atoms in total. The Morgan fingerprint density at radius 1 is 1.10 bits per heavy atom. The predicted octanol–water partition coefficient (Wildman–Crippen LogP) is 4.09. The highest BCUT2D eigenvalue weighted by Crippen LogP contribution is 2.38.